The van der Waals surface area contributed by atoms with Gasteiger partial charge in [0.05, 0.1) is 17.9 Å². The lowest BCUT2D eigenvalue weighted by Crippen LogP contribution is -2.27. The van der Waals surface area contributed by atoms with Gasteiger partial charge in [-0.1, -0.05) is 60.7 Å². The van der Waals surface area contributed by atoms with Crippen LogP contribution in [0.5, 0.6) is 5.75 Å². The highest BCUT2D eigenvalue weighted by molar-refractivity contribution is 6.68. The molecule has 6 heteroatoms. The van der Waals surface area contributed by atoms with Gasteiger partial charge in [-0.25, -0.2) is 5.01 Å². The summed E-state index contributed by atoms with van der Waals surface area (Å²) in [5, 5.41) is 20.8. The highest BCUT2D eigenvalue weighted by Crippen LogP contribution is 2.29. The van der Waals surface area contributed by atoms with E-state index in [4.69, 9.17) is 0 Å². The molecule has 6 nitrogen and oxygen atoms in total. The van der Waals surface area contributed by atoms with Crippen molar-refractivity contribution in [2.75, 3.05) is 5.43 Å². The minimum atomic E-state index is -0.269. The Balaban J connectivity index is 1.46. The van der Waals surface area contributed by atoms with Crippen molar-refractivity contribution in [3.05, 3.63) is 94.5 Å². The van der Waals surface area contributed by atoms with E-state index in [1.54, 1.807) is 13.0 Å². The minimum absolute atomic E-state index is 0.147. The average Bonchev–Trinajstić information content (AvgIpc) is 3.06. The van der Waals surface area contributed by atoms with Crippen molar-refractivity contribution < 1.29 is 9.90 Å². The van der Waals surface area contributed by atoms with Crippen LogP contribution in [0.1, 0.15) is 34.7 Å². The molecule has 168 valence electrons. The van der Waals surface area contributed by atoms with Crippen LogP contribution in [0.4, 0.5) is 5.69 Å². The first-order valence-corrected chi connectivity index (χ1v) is 11.0. The molecule has 0 fully saturated rings. The van der Waals surface area contributed by atoms with Gasteiger partial charge >= 0.3 is 0 Å². The number of hydrogen-bond acceptors (Lipinski definition) is 5. The number of phenols is 1. The highest BCUT2D eigenvalue weighted by Gasteiger charge is 2.29. The van der Waals surface area contributed by atoms with E-state index in [-0.39, 0.29) is 17.4 Å². The van der Waals surface area contributed by atoms with Gasteiger partial charge in [0.2, 0.25) is 0 Å². The number of hydrazone groups is 2. The number of rotatable bonds is 7. The van der Waals surface area contributed by atoms with Crippen LogP contribution in [0, 0.1) is 13.8 Å². The van der Waals surface area contributed by atoms with Crippen LogP contribution < -0.4 is 5.43 Å². The fourth-order valence-corrected chi connectivity index (χ4v) is 4.05. The van der Waals surface area contributed by atoms with Crippen molar-refractivity contribution in [2.45, 2.75) is 40.2 Å². The van der Waals surface area contributed by atoms with Crippen LogP contribution in [-0.4, -0.2) is 27.4 Å². The Morgan fingerprint density at radius 1 is 0.909 bits per heavy atom. The molecule has 0 atom stereocenters. The Morgan fingerprint density at radius 2 is 1.61 bits per heavy atom. The van der Waals surface area contributed by atoms with E-state index in [9.17, 15) is 9.90 Å². The maximum Gasteiger partial charge on any atom is 0.296 e. The van der Waals surface area contributed by atoms with Crippen LogP contribution in [0.25, 0.3) is 0 Å². The Bertz CT molecular complexity index is 1210. The molecule has 0 aliphatic carbocycles. The molecule has 0 aromatic heterocycles. The number of aryl methyl sites for hydroxylation is 3. The third-order valence-electron chi connectivity index (χ3n) is 5.92. The molecule has 0 radical (unpaired) electrons. The van der Waals surface area contributed by atoms with Crippen LogP contribution in [-0.2, 0) is 24.2 Å². The van der Waals surface area contributed by atoms with Gasteiger partial charge < -0.3 is 5.11 Å². The summed E-state index contributed by atoms with van der Waals surface area (Å²) in [6, 6.07) is 21.5. The van der Waals surface area contributed by atoms with Crippen LogP contribution in [0.2, 0.25) is 0 Å². The monoisotopic (exact) mass is 440 g/mol. The zero-order valence-electron chi connectivity index (χ0n) is 19.2. The maximum atomic E-state index is 12.8. The van der Waals surface area contributed by atoms with Crippen molar-refractivity contribution >= 4 is 23.0 Å². The molecule has 1 heterocycles. The number of anilines is 1. The van der Waals surface area contributed by atoms with E-state index >= 15 is 0 Å². The predicted octanol–water partition coefficient (Wildman–Crippen LogP) is 4.98. The molecule has 3 aromatic rings. The van der Waals surface area contributed by atoms with Gasteiger partial charge in [-0.2, -0.15) is 10.2 Å². The van der Waals surface area contributed by atoms with Crippen LogP contribution in [0.15, 0.2) is 76.9 Å². The van der Waals surface area contributed by atoms with Crippen molar-refractivity contribution in [2.24, 2.45) is 10.2 Å². The largest absolute Gasteiger partial charge is 0.505 e. The quantitative estimate of drug-likeness (QED) is 0.402. The van der Waals surface area contributed by atoms with Crippen molar-refractivity contribution in [1.82, 2.24) is 5.01 Å². The molecular weight excluding hydrogens is 412 g/mol. The molecule has 4 rings (SSSR count). The molecule has 0 saturated heterocycles. The molecular formula is C27H28N4O2. The molecule has 0 bridgehead atoms. The van der Waals surface area contributed by atoms with Crippen molar-refractivity contribution in [1.29, 1.82) is 0 Å². The van der Waals surface area contributed by atoms with Gasteiger partial charge in [0.15, 0.2) is 5.71 Å². The first-order chi connectivity index (χ1) is 15.9. The second kappa shape index (κ2) is 9.69. The van der Waals surface area contributed by atoms with Gasteiger partial charge in [-0.15, -0.1) is 0 Å². The molecule has 3 aromatic carbocycles. The topological polar surface area (TPSA) is 77.3 Å². The zero-order valence-corrected chi connectivity index (χ0v) is 19.2. The maximum absolute atomic E-state index is 12.8. The van der Waals surface area contributed by atoms with E-state index < -0.39 is 0 Å². The molecule has 0 saturated carbocycles. The third-order valence-corrected chi connectivity index (χ3v) is 5.92. The minimum Gasteiger partial charge on any atom is -0.505 e. The van der Waals surface area contributed by atoms with Gasteiger partial charge in [0, 0.05) is 0 Å². The molecule has 2 N–H and O–H groups in total. The summed E-state index contributed by atoms with van der Waals surface area (Å²) in [4.78, 5) is 12.8. The lowest BCUT2D eigenvalue weighted by molar-refractivity contribution is -0.123. The Kier molecular flexibility index (Phi) is 6.54. The fraction of sp³-hybridized carbons (Fsp3) is 0.222. The van der Waals surface area contributed by atoms with Gasteiger partial charge in [0.25, 0.3) is 5.91 Å². The van der Waals surface area contributed by atoms with Gasteiger partial charge in [-0.3, -0.25) is 10.2 Å². The molecule has 0 spiro atoms. The average molecular weight is 441 g/mol. The summed E-state index contributed by atoms with van der Waals surface area (Å²) < 4.78 is 0. The SMILES string of the molecule is CC1=NN(Cc2ccccc2)C(=O)C1=NNc1cccc(CCc2c(C)cccc2C)c1O. The summed E-state index contributed by atoms with van der Waals surface area (Å²) in [5.41, 5.74) is 9.74. The number of nitrogens with one attached hydrogen (secondary N) is 1. The summed E-state index contributed by atoms with van der Waals surface area (Å²) in [7, 11) is 0. The lowest BCUT2D eigenvalue weighted by atomic mass is 9.96. The smallest absolute Gasteiger partial charge is 0.296 e. The predicted molar refractivity (Wildman–Crippen MR) is 133 cm³/mol. The van der Waals surface area contributed by atoms with Gasteiger partial charge in [0.1, 0.15) is 5.75 Å². The Hall–Kier alpha value is -3.93. The number of amides is 1. The third kappa shape index (κ3) is 4.95. The second-order valence-electron chi connectivity index (χ2n) is 8.29. The number of carbonyl (C=O) groups excluding carboxylic acids is 1. The van der Waals surface area contributed by atoms with E-state index in [1.807, 2.05) is 42.5 Å². The van der Waals surface area contributed by atoms with Crippen LogP contribution >= 0.6 is 0 Å². The number of hydrogen-bond donors (Lipinski definition) is 2. The van der Waals surface area contributed by atoms with E-state index in [0.717, 1.165) is 17.5 Å². The van der Waals surface area contributed by atoms with Crippen LogP contribution in [0.3, 0.4) is 0 Å². The van der Waals surface area contributed by atoms with E-state index in [0.29, 0.717) is 24.4 Å². The normalized spacial score (nSPS) is 14.6. The fourth-order valence-electron chi connectivity index (χ4n) is 4.05. The molecule has 33 heavy (non-hydrogen) atoms. The summed E-state index contributed by atoms with van der Waals surface area (Å²) in [6.45, 7) is 6.36. The van der Waals surface area contributed by atoms with Crippen molar-refractivity contribution in [3.8, 4) is 5.75 Å². The number of para-hydroxylation sites is 1. The zero-order chi connectivity index (χ0) is 23.4. The summed E-state index contributed by atoms with van der Waals surface area (Å²) in [5.74, 6) is -0.121. The summed E-state index contributed by atoms with van der Waals surface area (Å²) >= 11 is 0. The standard InChI is InChI=1S/C27H28N4O2/c1-18-9-7-10-19(2)23(18)16-15-22-13-8-14-24(26(22)32)28-29-25-20(3)30-31(27(25)33)17-21-11-5-4-6-12-21/h4-14,28,32H,15-17H2,1-3H3. The first kappa shape index (κ1) is 22.3. The van der Waals surface area contributed by atoms with E-state index in [1.165, 1.54) is 21.7 Å². The Morgan fingerprint density at radius 3 is 2.33 bits per heavy atom. The highest BCUT2D eigenvalue weighted by atomic mass is 16.3. The molecule has 0 unspecified atom stereocenters. The van der Waals surface area contributed by atoms with E-state index in [2.05, 4.69) is 47.7 Å². The molecule has 1 aliphatic rings. The molecule has 1 aliphatic heterocycles. The lowest BCUT2D eigenvalue weighted by Gasteiger charge is -2.13. The molecule has 1 amide bonds. The second-order valence-corrected chi connectivity index (χ2v) is 8.29. The number of aromatic hydroxyl groups is 1. The van der Waals surface area contributed by atoms with Crippen molar-refractivity contribution in [3.63, 3.8) is 0 Å². The number of nitrogens with zero attached hydrogens (tertiary/aromatic N) is 3. The number of phenolic OH excluding ortho intramolecular Hbond substituents is 1. The Labute approximate surface area is 194 Å². The summed E-state index contributed by atoms with van der Waals surface area (Å²) in [6.07, 6.45) is 1.54. The van der Waals surface area contributed by atoms with Gasteiger partial charge in [-0.05, 0) is 67.5 Å². The number of benzene rings is 3. The first-order valence-electron chi connectivity index (χ1n) is 11.0. The number of carbonyl (C=O) groups is 1.